The van der Waals surface area contributed by atoms with Crippen LogP contribution in [0.3, 0.4) is 0 Å². The van der Waals surface area contributed by atoms with Gasteiger partial charge in [-0.25, -0.2) is 19.6 Å². The Bertz CT molecular complexity index is 2520. The Labute approximate surface area is 383 Å². The molecule has 4 aliphatic rings. The zero-order valence-corrected chi connectivity index (χ0v) is 38.5. The normalized spacial score (nSPS) is 21.2. The van der Waals surface area contributed by atoms with Crippen molar-refractivity contribution in [1.82, 2.24) is 40.4 Å². The average Bonchev–Trinajstić information content (AvgIpc) is 3.97. The molecule has 4 fully saturated rings. The molecule has 2 aliphatic carbocycles. The summed E-state index contributed by atoms with van der Waals surface area (Å²) in [6.45, 7) is 8.83. The largest absolute Gasteiger partial charge is 0.453 e. The Balaban J connectivity index is 0.00000183. The number of nitrogens with zero attached hydrogens (tertiary/aromatic N) is 4. The van der Waals surface area contributed by atoms with E-state index in [-0.39, 0.29) is 44.1 Å². The van der Waals surface area contributed by atoms with Crippen molar-refractivity contribution in [3.63, 3.8) is 0 Å². The van der Waals surface area contributed by atoms with Crippen molar-refractivity contribution < 1.29 is 36.2 Å². The van der Waals surface area contributed by atoms with Crippen LogP contribution in [0.5, 0.6) is 0 Å². The van der Waals surface area contributed by atoms with Crippen molar-refractivity contribution in [1.29, 1.82) is 0 Å². The molecule has 2 saturated heterocycles. The number of ether oxygens (including phenoxy) is 3. The number of fused-ring (bicyclic) bond motifs is 3. The van der Waals surface area contributed by atoms with Crippen LogP contribution in [0, 0.1) is 17.3 Å². The van der Waals surface area contributed by atoms with E-state index in [4.69, 9.17) is 24.2 Å². The minimum absolute atomic E-state index is 0. The molecule has 2 aliphatic heterocycles. The van der Waals surface area contributed by atoms with Gasteiger partial charge < -0.3 is 44.6 Å². The molecular formula is C50H66N8O7. The summed E-state index contributed by atoms with van der Waals surface area (Å²) in [5, 5.41) is 7.67. The molecule has 1 spiro atoms. The molecule has 3 aromatic carbocycles. The summed E-state index contributed by atoms with van der Waals surface area (Å²) in [5.74, 6) is 1.45. The average molecular weight is 891 g/mol. The molecule has 4 N–H and O–H groups in total. The number of H-pyrrole nitrogens is 2. The summed E-state index contributed by atoms with van der Waals surface area (Å²) >= 11 is 0. The highest BCUT2D eigenvalue weighted by molar-refractivity contribution is 5.91. The highest BCUT2D eigenvalue weighted by Gasteiger charge is 2.55. The fraction of sp³-hybridized carbons (Fsp3) is 0.480. The predicted molar refractivity (Wildman–Crippen MR) is 252 cm³/mol. The number of hydrogen-bond acceptors (Lipinski definition) is 9. The highest BCUT2D eigenvalue weighted by Crippen LogP contribution is 2.58. The molecule has 4 amide bonds. The molecule has 2 saturated carbocycles. The number of carbonyl (C=O) groups is 4. The Morgan fingerprint density at radius 1 is 0.785 bits per heavy atom. The minimum Gasteiger partial charge on any atom is -0.453 e. The molecule has 15 nitrogen and oxygen atoms in total. The maximum Gasteiger partial charge on any atom is 0.407 e. The quantitative estimate of drug-likeness (QED) is 0.0896. The molecule has 348 valence electrons. The first-order valence-electron chi connectivity index (χ1n) is 23.0. The van der Waals surface area contributed by atoms with Crippen molar-refractivity contribution in [2.24, 2.45) is 17.3 Å². The lowest BCUT2D eigenvalue weighted by molar-refractivity contribution is -0.138. The standard InChI is InChI=1S/C48H56N8O7.C2H6.2H2/c1-27(2)40(54-47(60)63-5)45(58)55-26-48(17-18-48)23-39(55)42-49-25-38(51-42)33-13-12-31-20-30(10-11-32(31)21-33)28-6-8-29(9-7-28)37-24-50-43(52-37)41-34-14-15-35(22-34)56(41)44(57)36(16-19-61-3)53-46(59)62-4;1-2;;/h6-13,20-21,24-25,27,34-36,39-41H,14-19,22-23,26H2,1-5H3,(H,49,51)(H,50,52)(H,53,59)(H,54,60);1-2H3;2*1H/t34-,35+,36-,39-,40-,41-;;;/m0.../s1. The van der Waals surface area contributed by atoms with Gasteiger partial charge in [0.15, 0.2) is 0 Å². The zero-order valence-electron chi connectivity index (χ0n) is 38.5. The van der Waals surface area contributed by atoms with Crippen molar-refractivity contribution in [3.8, 4) is 33.6 Å². The number of alkyl carbamates (subject to hydrolysis) is 2. The molecule has 4 heterocycles. The summed E-state index contributed by atoms with van der Waals surface area (Å²) in [6.07, 6.45) is 8.66. The minimum atomic E-state index is -0.755. The van der Waals surface area contributed by atoms with Crippen LogP contribution in [-0.2, 0) is 23.8 Å². The van der Waals surface area contributed by atoms with Gasteiger partial charge in [0.25, 0.3) is 0 Å². The van der Waals surface area contributed by atoms with Gasteiger partial charge in [0.05, 0.1) is 50.1 Å². The van der Waals surface area contributed by atoms with Crippen LogP contribution >= 0.6 is 0 Å². The van der Waals surface area contributed by atoms with Crippen LogP contribution in [0.15, 0.2) is 73.1 Å². The number of carbonyl (C=O) groups excluding carboxylic acids is 4. The third-order valence-electron chi connectivity index (χ3n) is 13.8. The number of amides is 4. The van der Waals surface area contributed by atoms with Crippen LogP contribution in [0.4, 0.5) is 9.59 Å². The molecule has 5 aromatic rings. The molecule has 0 unspecified atom stereocenters. The van der Waals surface area contributed by atoms with Gasteiger partial charge in [-0.3, -0.25) is 9.59 Å². The summed E-state index contributed by atoms with van der Waals surface area (Å²) in [5.41, 5.74) is 6.04. The van der Waals surface area contributed by atoms with Crippen LogP contribution < -0.4 is 10.6 Å². The topological polar surface area (TPSA) is 184 Å². The van der Waals surface area contributed by atoms with Gasteiger partial charge in [0.1, 0.15) is 23.7 Å². The van der Waals surface area contributed by atoms with E-state index in [1.807, 2.05) is 49.9 Å². The summed E-state index contributed by atoms with van der Waals surface area (Å²) in [6, 6.07) is 19.5. The lowest BCUT2D eigenvalue weighted by Gasteiger charge is -2.36. The molecule has 65 heavy (non-hydrogen) atoms. The van der Waals surface area contributed by atoms with Gasteiger partial charge in [-0.05, 0) is 95.4 Å². The van der Waals surface area contributed by atoms with E-state index in [0.29, 0.717) is 25.5 Å². The van der Waals surface area contributed by atoms with E-state index in [0.717, 1.165) is 94.6 Å². The fourth-order valence-electron chi connectivity index (χ4n) is 10.2. The van der Waals surface area contributed by atoms with Gasteiger partial charge >= 0.3 is 12.2 Å². The van der Waals surface area contributed by atoms with Crippen molar-refractivity contribution in [2.45, 2.75) is 103 Å². The third-order valence-corrected chi connectivity index (χ3v) is 13.8. The number of methoxy groups -OCH3 is 3. The van der Waals surface area contributed by atoms with E-state index in [9.17, 15) is 19.2 Å². The van der Waals surface area contributed by atoms with Crippen LogP contribution in [0.25, 0.3) is 44.4 Å². The van der Waals surface area contributed by atoms with Crippen molar-refractivity contribution in [2.75, 3.05) is 34.5 Å². The molecule has 9 rings (SSSR count). The molecule has 2 bridgehead atoms. The second kappa shape index (κ2) is 19.1. The third kappa shape index (κ3) is 9.20. The number of aromatic amines is 2. The summed E-state index contributed by atoms with van der Waals surface area (Å²) in [7, 11) is 4.17. The first-order valence-corrected chi connectivity index (χ1v) is 23.0. The second-order valence-corrected chi connectivity index (χ2v) is 18.1. The number of piperidine rings is 1. The Morgan fingerprint density at radius 3 is 2.05 bits per heavy atom. The molecule has 6 atom stereocenters. The Kier molecular flexibility index (Phi) is 13.3. The number of imidazole rings is 2. The van der Waals surface area contributed by atoms with Crippen LogP contribution in [0.1, 0.15) is 99.2 Å². The molecule has 2 aromatic heterocycles. The van der Waals surface area contributed by atoms with Crippen LogP contribution in [-0.4, -0.2) is 106 Å². The van der Waals surface area contributed by atoms with Crippen LogP contribution in [0.2, 0.25) is 0 Å². The maximum atomic E-state index is 14.0. The zero-order chi connectivity index (χ0) is 46.0. The fourth-order valence-corrected chi connectivity index (χ4v) is 10.2. The van der Waals surface area contributed by atoms with Gasteiger partial charge in [-0.2, -0.15) is 0 Å². The number of aromatic nitrogens is 4. The molecule has 0 radical (unpaired) electrons. The lowest BCUT2D eigenvalue weighted by atomic mass is 9.97. The first-order chi connectivity index (χ1) is 31.5. The Hall–Kier alpha value is -6.22. The van der Waals surface area contributed by atoms with Crippen molar-refractivity contribution in [3.05, 3.63) is 84.7 Å². The smallest absolute Gasteiger partial charge is 0.407 e. The monoisotopic (exact) mass is 891 g/mol. The Morgan fingerprint density at radius 2 is 1.38 bits per heavy atom. The van der Waals surface area contributed by atoms with Gasteiger partial charge in [0, 0.05) is 41.1 Å². The number of rotatable bonds is 13. The number of nitrogens with one attached hydrogen (secondary N) is 4. The number of likely N-dealkylation sites (tertiary alicyclic amines) is 2. The highest BCUT2D eigenvalue weighted by atomic mass is 16.5. The van der Waals surface area contributed by atoms with Gasteiger partial charge in [0.2, 0.25) is 11.8 Å². The maximum absolute atomic E-state index is 14.0. The second-order valence-electron chi connectivity index (χ2n) is 18.1. The summed E-state index contributed by atoms with van der Waals surface area (Å²) in [4.78, 5) is 72.7. The number of benzene rings is 3. The van der Waals surface area contributed by atoms with Crippen molar-refractivity contribution >= 4 is 34.8 Å². The van der Waals surface area contributed by atoms with Gasteiger partial charge in [-0.1, -0.05) is 76.2 Å². The van der Waals surface area contributed by atoms with E-state index in [2.05, 4.69) is 81.3 Å². The number of hydrogen-bond donors (Lipinski definition) is 4. The lowest BCUT2D eigenvalue weighted by Crippen LogP contribution is -2.52. The first kappa shape index (κ1) is 45.4. The molecular weight excluding hydrogens is 825 g/mol. The van der Waals surface area contributed by atoms with Gasteiger partial charge in [-0.15, -0.1) is 0 Å². The van der Waals surface area contributed by atoms with E-state index < -0.39 is 24.3 Å². The molecule has 15 heteroatoms. The predicted octanol–water partition coefficient (Wildman–Crippen LogP) is 9.05. The van der Waals surface area contributed by atoms with E-state index in [1.165, 1.54) is 14.2 Å². The SMILES string of the molecule is CC.COCC[C@H](NC(=O)OC)C(=O)N1[C@@H]2CC[C@@H](C2)[C@H]1c1ncc(-c2ccc(-c3ccc4cc(-c5cnc([C@@H]6CC7(CC7)CN6C(=O)[C@@H](NC(=O)OC)C(C)C)[nH]5)ccc4c3)cc2)[nH]1.[HH].[HH]. The van der Waals surface area contributed by atoms with E-state index in [1.54, 1.807) is 7.11 Å². The summed E-state index contributed by atoms with van der Waals surface area (Å²) < 4.78 is 14.9. The van der Waals surface area contributed by atoms with E-state index >= 15 is 0 Å².